The van der Waals surface area contributed by atoms with E-state index in [9.17, 15) is 35.9 Å². The molecule has 0 radical (unpaired) electrons. The van der Waals surface area contributed by atoms with Gasteiger partial charge in [-0.05, 0) is 42.3 Å². The zero-order valence-corrected chi connectivity index (χ0v) is 15.9. The number of halogens is 6. The van der Waals surface area contributed by atoms with Gasteiger partial charge in [-0.15, -0.1) is 0 Å². The van der Waals surface area contributed by atoms with E-state index in [2.05, 4.69) is 0 Å². The number of carbonyl (C=O) groups excluding carboxylic acids is 2. The molecular weight excluding hydrogens is 412 g/mol. The maximum Gasteiger partial charge on any atom is 0.416 e. The van der Waals surface area contributed by atoms with Crippen LogP contribution in [-0.2, 0) is 28.5 Å². The van der Waals surface area contributed by atoms with Crippen LogP contribution in [0.2, 0.25) is 0 Å². The number of rotatable bonds is 5. The summed E-state index contributed by atoms with van der Waals surface area (Å²) in [6.45, 7) is 0.595. The molecule has 30 heavy (non-hydrogen) atoms. The minimum absolute atomic E-state index is 0.0155. The number of benzene rings is 2. The summed E-state index contributed by atoms with van der Waals surface area (Å²) in [4.78, 5) is 25.4. The predicted molar refractivity (Wildman–Crippen MR) is 98.0 cm³/mol. The van der Waals surface area contributed by atoms with Gasteiger partial charge in [0.2, 0.25) is 0 Å². The van der Waals surface area contributed by atoms with E-state index in [-0.39, 0.29) is 17.2 Å². The molecule has 0 atom stereocenters. The number of ketones is 1. The lowest BCUT2D eigenvalue weighted by molar-refractivity contribution is -0.143. The molecule has 2 rings (SSSR count). The molecule has 0 saturated carbocycles. The summed E-state index contributed by atoms with van der Waals surface area (Å²) in [5.41, 5.74) is -3.01. The van der Waals surface area contributed by atoms with E-state index in [4.69, 9.17) is 0 Å². The monoisotopic (exact) mass is 429 g/mol. The molecule has 0 aromatic heterocycles. The third kappa shape index (κ3) is 5.95. The van der Waals surface area contributed by atoms with Gasteiger partial charge in [0.15, 0.2) is 5.78 Å². The molecule has 0 unspecified atom stereocenters. The highest BCUT2D eigenvalue weighted by Gasteiger charge is 2.37. The van der Waals surface area contributed by atoms with Crippen molar-refractivity contribution in [3.8, 4) is 0 Å². The summed E-state index contributed by atoms with van der Waals surface area (Å²) in [6, 6.07) is 9.47. The molecule has 2 aromatic carbocycles. The first-order valence-electron chi connectivity index (χ1n) is 8.60. The number of amides is 1. The normalized spacial score (nSPS) is 12.6. The van der Waals surface area contributed by atoms with E-state index in [1.54, 1.807) is 30.3 Å². The molecule has 0 fully saturated rings. The van der Waals surface area contributed by atoms with Crippen LogP contribution in [0, 0.1) is 0 Å². The van der Waals surface area contributed by atoms with Gasteiger partial charge in [0.1, 0.15) is 0 Å². The fraction of sp³-hybridized carbons (Fsp3) is 0.238. The van der Waals surface area contributed by atoms with Crippen LogP contribution in [0.1, 0.15) is 29.2 Å². The molecule has 1 amide bonds. The van der Waals surface area contributed by atoms with Gasteiger partial charge in [-0.3, -0.25) is 9.59 Å². The van der Waals surface area contributed by atoms with Crippen LogP contribution in [0.25, 0.3) is 6.08 Å². The Morgan fingerprint density at radius 1 is 0.900 bits per heavy atom. The molecule has 0 N–H and O–H groups in total. The Bertz CT molecular complexity index is 929. The van der Waals surface area contributed by atoms with E-state index in [0.717, 1.165) is 11.8 Å². The van der Waals surface area contributed by atoms with E-state index in [1.807, 2.05) is 0 Å². The third-order valence-electron chi connectivity index (χ3n) is 4.13. The number of alkyl halides is 6. The van der Waals surface area contributed by atoms with E-state index in [1.165, 1.54) is 13.1 Å². The number of hydrogen-bond donors (Lipinski definition) is 0. The van der Waals surface area contributed by atoms with Gasteiger partial charge in [0.05, 0.1) is 16.7 Å². The van der Waals surface area contributed by atoms with Gasteiger partial charge >= 0.3 is 12.4 Å². The molecule has 2 aromatic rings. The highest BCUT2D eigenvalue weighted by atomic mass is 19.4. The summed E-state index contributed by atoms with van der Waals surface area (Å²) in [7, 11) is 1.19. The van der Waals surface area contributed by atoms with Crippen LogP contribution >= 0.6 is 0 Å². The zero-order chi connectivity index (χ0) is 22.7. The molecule has 0 saturated heterocycles. The number of Topliss-reactive ketones (excluding diaryl/α,β-unsaturated/α-hetero) is 1. The van der Waals surface area contributed by atoms with Crippen molar-refractivity contribution in [2.45, 2.75) is 25.8 Å². The maximum absolute atomic E-state index is 13.0. The Labute approximate surface area is 168 Å². The number of carbonyl (C=O) groups is 2. The molecule has 0 bridgehead atoms. The predicted octanol–water partition coefficient (Wildman–Crippen LogP) is 5.36. The van der Waals surface area contributed by atoms with Gasteiger partial charge in [-0.2, -0.15) is 26.3 Å². The minimum atomic E-state index is -4.99. The van der Waals surface area contributed by atoms with Crippen molar-refractivity contribution in [1.29, 1.82) is 0 Å². The fourth-order valence-electron chi connectivity index (χ4n) is 2.69. The first-order valence-corrected chi connectivity index (χ1v) is 8.60. The molecule has 0 aliphatic heterocycles. The van der Waals surface area contributed by atoms with Gasteiger partial charge in [-0.25, -0.2) is 0 Å². The molecule has 160 valence electrons. The van der Waals surface area contributed by atoms with Crippen LogP contribution in [0.3, 0.4) is 0 Å². The van der Waals surface area contributed by atoms with E-state index >= 15 is 0 Å². The van der Waals surface area contributed by atoms with Gasteiger partial charge in [-0.1, -0.05) is 30.3 Å². The average molecular weight is 429 g/mol. The maximum atomic E-state index is 13.0. The topological polar surface area (TPSA) is 37.4 Å². The smallest absolute Gasteiger partial charge is 0.337 e. The van der Waals surface area contributed by atoms with Crippen molar-refractivity contribution in [2.75, 3.05) is 7.05 Å². The van der Waals surface area contributed by atoms with Gasteiger partial charge in [0, 0.05) is 13.6 Å². The highest BCUT2D eigenvalue weighted by molar-refractivity contribution is 6.21. The van der Waals surface area contributed by atoms with Gasteiger partial charge in [0.25, 0.3) is 5.91 Å². The molecule has 0 aliphatic carbocycles. The summed E-state index contributed by atoms with van der Waals surface area (Å²) < 4.78 is 78.0. The number of hydrogen-bond acceptors (Lipinski definition) is 2. The van der Waals surface area contributed by atoms with Crippen LogP contribution in [0.5, 0.6) is 0 Å². The van der Waals surface area contributed by atoms with E-state index in [0.29, 0.717) is 17.7 Å². The Morgan fingerprint density at radius 2 is 1.40 bits per heavy atom. The zero-order valence-electron chi connectivity index (χ0n) is 15.9. The fourth-order valence-corrected chi connectivity index (χ4v) is 2.69. The van der Waals surface area contributed by atoms with Crippen molar-refractivity contribution in [1.82, 2.24) is 4.90 Å². The van der Waals surface area contributed by atoms with Crippen molar-refractivity contribution >= 4 is 17.8 Å². The molecule has 0 heterocycles. The molecule has 0 spiro atoms. The second-order valence-electron chi connectivity index (χ2n) is 6.60. The Balaban J connectivity index is 2.38. The van der Waals surface area contributed by atoms with Gasteiger partial charge < -0.3 is 4.90 Å². The Morgan fingerprint density at radius 3 is 1.83 bits per heavy atom. The lowest BCUT2D eigenvalue weighted by Crippen LogP contribution is -2.30. The Hall–Kier alpha value is -3.10. The highest BCUT2D eigenvalue weighted by Crippen LogP contribution is 2.36. The largest absolute Gasteiger partial charge is 0.416 e. The third-order valence-corrected chi connectivity index (χ3v) is 4.13. The number of nitrogens with zero attached hydrogens (tertiary/aromatic N) is 1. The molecule has 0 aliphatic rings. The first-order chi connectivity index (χ1) is 13.8. The first kappa shape index (κ1) is 23.2. The van der Waals surface area contributed by atoms with E-state index < -0.39 is 41.7 Å². The SMILES string of the molecule is CC(=O)C(=Cc1ccccc1)C(=O)N(C)Cc1cc(C(F)(F)F)cc(C(F)(F)F)c1. The van der Waals surface area contributed by atoms with Crippen LogP contribution < -0.4 is 0 Å². The van der Waals surface area contributed by atoms with Crippen molar-refractivity contribution in [2.24, 2.45) is 0 Å². The Kier molecular flexibility index (Phi) is 6.74. The van der Waals surface area contributed by atoms with Crippen molar-refractivity contribution < 1.29 is 35.9 Å². The molecule has 9 heteroatoms. The van der Waals surface area contributed by atoms with Crippen LogP contribution in [-0.4, -0.2) is 23.6 Å². The van der Waals surface area contributed by atoms with Crippen molar-refractivity contribution in [3.63, 3.8) is 0 Å². The summed E-state index contributed by atoms with van der Waals surface area (Å²) in [5.74, 6) is -1.41. The van der Waals surface area contributed by atoms with Crippen molar-refractivity contribution in [3.05, 3.63) is 76.4 Å². The van der Waals surface area contributed by atoms with Crippen LogP contribution in [0.4, 0.5) is 26.3 Å². The number of likely N-dealkylation sites (N-methyl/N-ethyl adjacent to an activating group) is 1. The standard InChI is InChI=1S/C21H17F6NO2/c1-13(29)18(10-14-6-4-3-5-7-14)19(30)28(2)12-15-8-16(20(22,23)24)11-17(9-15)21(25,26)27/h3-11H,12H2,1-2H3. The molecular formula is C21H17F6NO2. The second kappa shape index (κ2) is 8.73. The lowest BCUT2D eigenvalue weighted by atomic mass is 10.0. The summed E-state index contributed by atoms with van der Waals surface area (Å²) >= 11 is 0. The van der Waals surface area contributed by atoms with Crippen LogP contribution in [0.15, 0.2) is 54.1 Å². The lowest BCUT2D eigenvalue weighted by Gasteiger charge is -2.20. The second-order valence-corrected chi connectivity index (χ2v) is 6.60. The minimum Gasteiger partial charge on any atom is -0.337 e. The average Bonchev–Trinajstić information content (AvgIpc) is 2.64. The summed E-state index contributed by atoms with van der Waals surface area (Å²) in [6.07, 6.45) is -8.67. The summed E-state index contributed by atoms with van der Waals surface area (Å²) in [5, 5.41) is 0. The quantitative estimate of drug-likeness (QED) is 0.278. The molecule has 3 nitrogen and oxygen atoms in total.